The number of piperazine rings is 1. The monoisotopic (exact) mass is 365 g/mol. The molecule has 0 aromatic carbocycles. The van der Waals surface area contributed by atoms with Crippen LogP contribution < -0.4 is 4.90 Å². The molecule has 26 heavy (non-hydrogen) atoms. The van der Waals surface area contributed by atoms with Crippen molar-refractivity contribution in [2.45, 2.75) is 32.2 Å². The zero-order valence-electron chi connectivity index (χ0n) is 14.9. The number of nitrogens with zero attached hydrogens (tertiary/aromatic N) is 5. The first kappa shape index (κ1) is 16.1. The number of anilines is 1. The van der Waals surface area contributed by atoms with Crippen LogP contribution >= 0.6 is 11.3 Å². The van der Waals surface area contributed by atoms with Crippen LogP contribution in [0.1, 0.15) is 28.8 Å². The van der Waals surface area contributed by atoms with Crippen LogP contribution in [0, 0.1) is 0 Å². The van der Waals surface area contributed by atoms with E-state index in [1.165, 1.54) is 47.0 Å². The maximum absolute atomic E-state index is 4.71. The third kappa shape index (κ3) is 2.97. The Bertz CT molecular complexity index is 899. The number of aryl methyl sites for hydroxylation is 2. The zero-order chi connectivity index (χ0) is 17.3. The van der Waals surface area contributed by atoms with Gasteiger partial charge in [0.05, 0.1) is 5.39 Å². The van der Waals surface area contributed by atoms with Crippen LogP contribution in [-0.4, -0.2) is 46.0 Å². The van der Waals surface area contributed by atoms with Gasteiger partial charge < -0.3 is 4.90 Å². The van der Waals surface area contributed by atoms with E-state index in [9.17, 15) is 0 Å². The lowest BCUT2D eigenvalue weighted by molar-refractivity contribution is 0.249. The van der Waals surface area contributed by atoms with Gasteiger partial charge in [0, 0.05) is 50.0 Å². The fourth-order valence-corrected chi connectivity index (χ4v) is 5.40. The van der Waals surface area contributed by atoms with Crippen molar-refractivity contribution in [2.24, 2.45) is 0 Å². The Morgan fingerprint density at radius 1 is 0.962 bits per heavy atom. The van der Waals surface area contributed by atoms with E-state index in [-0.39, 0.29) is 0 Å². The molecule has 6 heteroatoms. The van der Waals surface area contributed by atoms with Crippen molar-refractivity contribution in [2.75, 3.05) is 31.1 Å². The lowest BCUT2D eigenvalue weighted by atomic mass is 9.97. The molecule has 1 aliphatic heterocycles. The van der Waals surface area contributed by atoms with Gasteiger partial charge in [-0.15, -0.1) is 11.3 Å². The molecule has 0 bridgehead atoms. The zero-order valence-corrected chi connectivity index (χ0v) is 15.7. The number of rotatable bonds is 3. The van der Waals surface area contributed by atoms with Gasteiger partial charge in [-0.05, 0) is 48.9 Å². The Hall–Kier alpha value is -2.05. The van der Waals surface area contributed by atoms with E-state index in [1.54, 1.807) is 11.2 Å². The molecule has 3 aromatic heterocycles. The fraction of sp³-hybridized carbons (Fsp3) is 0.450. The number of hydrogen-bond donors (Lipinski definition) is 0. The van der Waals surface area contributed by atoms with Crippen molar-refractivity contribution < 1.29 is 0 Å². The smallest absolute Gasteiger partial charge is 0.141 e. The summed E-state index contributed by atoms with van der Waals surface area (Å²) >= 11 is 1.89. The summed E-state index contributed by atoms with van der Waals surface area (Å²) in [5.41, 5.74) is 2.87. The molecule has 2 aliphatic rings. The van der Waals surface area contributed by atoms with Gasteiger partial charge in [-0.1, -0.05) is 0 Å². The molecule has 0 unspecified atom stereocenters. The number of hydrogen-bond acceptors (Lipinski definition) is 6. The average molecular weight is 366 g/mol. The Kier molecular flexibility index (Phi) is 4.30. The maximum Gasteiger partial charge on any atom is 0.141 e. The number of aromatic nitrogens is 3. The van der Waals surface area contributed by atoms with Crippen LogP contribution in [-0.2, 0) is 19.4 Å². The van der Waals surface area contributed by atoms with Gasteiger partial charge >= 0.3 is 0 Å². The van der Waals surface area contributed by atoms with Crippen molar-refractivity contribution in [3.05, 3.63) is 46.9 Å². The predicted octanol–water partition coefficient (Wildman–Crippen LogP) is 3.29. The second-order valence-corrected chi connectivity index (χ2v) is 8.29. The second-order valence-electron chi connectivity index (χ2n) is 7.21. The van der Waals surface area contributed by atoms with E-state index in [1.807, 2.05) is 23.7 Å². The van der Waals surface area contributed by atoms with Crippen LogP contribution in [0.4, 0.5) is 5.82 Å². The minimum atomic E-state index is 1.00. The molecule has 0 spiro atoms. The summed E-state index contributed by atoms with van der Waals surface area (Å²) in [5, 5.41) is 1.34. The molecule has 4 heterocycles. The van der Waals surface area contributed by atoms with Crippen molar-refractivity contribution in [1.29, 1.82) is 0 Å². The summed E-state index contributed by atoms with van der Waals surface area (Å²) in [6, 6.07) is 4.22. The molecule has 134 valence electrons. The second kappa shape index (κ2) is 6.93. The Balaban J connectivity index is 1.36. The molecule has 1 fully saturated rings. The van der Waals surface area contributed by atoms with Gasteiger partial charge in [-0.2, -0.15) is 0 Å². The molecule has 3 aromatic rings. The summed E-state index contributed by atoms with van der Waals surface area (Å²) in [6.45, 7) is 5.20. The SMILES string of the molecule is c1cc(CN2CCN(c3ncnc4sc5c(c34)CCCC5)CC2)ccn1. The average Bonchev–Trinajstić information content (AvgIpc) is 3.08. The Morgan fingerprint density at radius 3 is 2.62 bits per heavy atom. The van der Waals surface area contributed by atoms with Crippen LogP contribution in [0.25, 0.3) is 10.2 Å². The molecule has 1 saturated heterocycles. The fourth-order valence-electron chi connectivity index (χ4n) is 4.18. The van der Waals surface area contributed by atoms with Crippen LogP contribution in [0.15, 0.2) is 30.9 Å². The van der Waals surface area contributed by atoms with Crippen molar-refractivity contribution in [3.8, 4) is 0 Å². The first-order valence-electron chi connectivity index (χ1n) is 9.50. The lowest BCUT2D eigenvalue weighted by Crippen LogP contribution is -2.46. The number of thiophene rings is 1. The normalized spacial score (nSPS) is 18.2. The molecule has 5 nitrogen and oxygen atoms in total. The topological polar surface area (TPSA) is 45.2 Å². The van der Waals surface area contributed by atoms with Gasteiger partial charge in [-0.25, -0.2) is 9.97 Å². The summed E-state index contributed by atoms with van der Waals surface area (Å²) in [5.74, 6) is 1.16. The van der Waals surface area contributed by atoms with E-state index in [2.05, 4.69) is 31.9 Å². The maximum atomic E-state index is 4.71. The quantitative estimate of drug-likeness (QED) is 0.713. The summed E-state index contributed by atoms with van der Waals surface area (Å²) in [6.07, 6.45) is 10.5. The largest absolute Gasteiger partial charge is 0.353 e. The van der Waals surface area contributed by atoms with Crippen LogP contribution in [0.5, 0.6) is 0 Å². The number of fused-ring (bicyclic) bond motifs is 3. The van der Waals surface area contributed by atoms with Gasteiger partial charge in [0.2, 0.25) is 0 Å². The van der Waals surface area contributed by atoms with Gasteiger partial charge in [0.25, 0.3) is 0 Å². The molecule has 0 saturated carbocycles. The first-order valence-corrected chi connectivity index (χ1v) is 10.3. The number of pyridine rings is 1. The van der Waals surface area contributed by atoms with E-state index >= 15 is 0 Å². The third-order valence-corrected chi connectivity index (χ3v) is 6.76. The van der Waals surface area contributed by atoms with Crippen molar-refractivity contribution in [1.82, 2.24) is 19.9 Å². The van der Waals surface area contributed by atoms with Crippen molar-refractivity contribution >= 4 is 27.4 Å². The molecule has 0 N–H and O–H groups in total. The van der Waals surface area contributed by atoms with Gasteiger partial charge in [0.1, 0.15) is 17.0 Å². The van der Waals surface area contributed by atoms with E-state index in [0.29, 0.717) is 0 Å². The lowest BCUT2D eigenvalue weighted by Gasteiger charge is -2.35. The molecule has 0 radical (unpaired) electrons. The predicted molar refractivity (Wildman–Crippen MR) is 106 cm³/mol. The Morgan fingerprint density at radius 2 is 1.77 bits per heavy atom. The summed E-state index contributed by atoms with van der Waals surface area (Å²) < 4.78 is 0. The van der Waals surface area contributed by atoms with E-state index in [4.69, 9.17) is 4.98 Å². The highest BCUT2D eigenvalue weighted by Gasteiger charge is 2.24. The summed E-state index contributed by atoms with van der Waals surface area (Å²) in [4.78, 5) is 21.1. The standard InChI is InChI=1S/C20H23N5S/c1-2-4-17-16(3-1)18-19(22-14-23-20(18)26-17)25-11-9-24(10-12-25)13-15-5-7-21-8-6-15/h5-8,14H,1-4,9-13H2. The Labute approximate surface area is 157 Å². The molecular weight excluding hydrogens is 342 g/mol. The van der Waals surface area contributed by atoms with Gasteiger partial charge in [-0.3, -0.25) is 9.88 Å². The third-order valence-electron chi connectivity index (χ3n) is 5.56. The highest BCUT2D eigenvalue weighted by Crippen LogP contribution is 2.39. The molecular formula is C20H23N5S. The molecule has 1 aliphatic carbocycles. The minimum Gasteiger partial charge on any atom is -0.353 e. The molecule has 0 amide bonds. The molecule has 5 rings (SSSR count). The summed E-state index contributed by atoms with van der Waals surface area (Å²) in [7, 11) is 0. The van der Waals surface area contributed by atoms with Crippen LogP contribution in [0.3, 0.4) is 0 Å². The van der Waals surface area contributed by atoms with Crippen LogP contribution in [0.2, 0.25) is 0 Å². The van der Waals surface area contributed by atoms with Crippen molar-refractivity contribution in [3.63, 3.8) is 0 Å². The minimum absolute atomic E-state index is 1.00. The molecule has 0 atom stereocenters. The highest BCUT2D eigenvalue weighted by molar-refractivity contribution is 7.19. The first-order chi connectivity index (χ1) is 12.9. The van der Waals surface area contributed by atoms with Gasteiger partial charge in [0.15, 0.2) is 0 Å². The van der Waals surface area contributed by atoms with E-state index < -0.39 is 0 Å². The highest BCUT2D eigenvalue weighted by atomic mass is 32.1. The van der Waals surface area contributed by atoms with E-state index in [0.717, 1.165) is 38.5 Å².